The molecule has 0 atom stereocenters. The van der Waals surface area contributed by atoms with Gasteiger partial charge in [0.25, 0.3) is 0 Å². The molecule has 1 heteroatoms. The van der Waals surface area contributed by atoms with Crippen LogP contribution < -0.4 is 5.32 Å². The van der Waals surface area contributed by atoms with Crippen LogP contribution in [0.4, 0.5) is 0 Å². The number of hydrogen-bond donors (Lipinski definition) is 1. The van der Waals surface area contributed by atoms with Gasteiger partial charge >= 0.3 is 0 Å². The topological polar surface area (TPSA) is 12.0 Å². The maximum Gasteiger partial charge on any atom is -0.0000127 e. The van der Waals surface area contributed by atoms with Crippen LogP contribution in [-0.4, -0.2) is 13.1 Å². The highest BCUT2D eigenvalue weighted by Crippen LogP contribution is 2.09. The lowest BCUT2D eigenvalue weighted by Gasteiger charge is -2.18. The second kappa shape index (κ2) is 9.05. The average Bonchev–Trinajstić information content (AvgIpc) is 1.87. The third-order valence-corrected chi connectivity index (χ3v) is 1.08. The Morgan fingerprint density at radius 1 is 1.00 bits per heavy atom. The van der Waals surface area contributed by atoms with Crippen LogP contribution in [0.15, 0.2) is 0 Å². The number of hydrogen-bond acceptors (Lipinski definition) is 1. The molecule has 0 aromatic carbocycles. The third kappa shape index (κ3) is 22.5. The summed E-state index contributed by atoms with van der Waals surface area (Å²) in [7, 11) is 0. The smallest absolute Gasteiger partial charge is 0.0000127 e. The first-order chi connectivity index (χ1) is 5.47. The minimum Gasteiger partial charge on any atom is -0.316 e. The van der Waals surface area contributed by atoms with Gasteiger partial charge in [-0.05, 0) is 24.9 Å². The summed E-state index contributed by atoms with van der Waals surface area (Å²) in [6, 6.07) is 0. The molecule has 0 unspecified atom stereocenters. The van der Waals surface area contributed by atoms with Crippen molar-refractivity contribution >= 4 is 0 Å². The van der Waals surface area contributed by atoms with Crippen LogP contribution in [-0.2, 0) is 0 Å². The maximum absolute atomic E-state index is 3.38. The molecule has 76 valence electrons. The van der Waals surface area contributed by atoms with Crippen LogP contribution in [0.1, 0.15) is 54.4 Å². The normalized spacial score (nSPS) is 10.5. The lowest BCUT2D eigenvalue weighted by Crippen LogP contribution is -2.27. The van der Waals surface area contributed by atoms with Crippen molar-refractivity contribution in [1.82, 2.24) is 5.32 Å². The molecular weight excluding hydrogens is 146 g/mol. The predicted octanol–water partition coefficient (Wildman–Crippen LogP) is 3.45. The van der Waals surface area contributed by atoms with E-state index in [2.05, 4.69) is 46.9 Å². The quantitative estimate of drug-likeness (QED) is 0.645. The van der Waals surface area contributed by atoms with Crippen molar-refractivity contribution in [2.75, 3.05) is 13.1 Å². The predicted molar refractivity (Wildman–Crippen MR) is 58.6 cm³/mol. The fourth-order valence-corrected chi connectivity index (χ4v) is 0.640. The molecule has 0 radical (unpaired) electrons. The summed E-state index contributed by atoms with van der Waals surface area (Å²) in [5.74, 6) is 0. The van der Waals surface area contributed by atoms with Crippen molar-refractivity contribution in [3.63, 3.8) is 0 Å². The first-order valence-corrected chi connectivity index (χ1v) is 5.18. The molecule has 0 amide bonds. The van der Waals surface area contributed by atoms with Crippen molar-refractivity contribution < 1.29 is 0 Å². The van der Waals surface area contributed by atoms with Crippen molar-refractivity contribution in [3.8, 4) is 0 Å². The minimum atomic E-state index is 0.440. The standard InChI is InChI=1S/C8H19N.C3H8/c1-5-6-9-7-8(2,3)4;1-3-2/h9H,5-7H2,1-4H3;3H2,1-2H3. The van der Waals surface area contributed by atoms with Crippen molar-refractivity contribution in [1.29, 1.82) is 0 Å². The SMILES string of the molecule is CCC.CCCNCC(C)(C)C. The van der Waals surface area contributed by atoms with Crippen LogP contribution in [0.5, 0.6) is 0 Å². The lowest BCUT2D eigenvalue weighted by atomic mass is 9.97. The molecule has 0 heterocycles. The highest BCUT2D eigenvalue weighted by atomic mass is 14.9. The van der Waals surface area contributed by atoms with Crippen LogP contribution in [0.2, 0.25) is 0 Å². The minimum absolute atomic E-state index is 0.440. The maximum atomic E-state index is 3.38. The number of rotatable bonds is 3. The first-order valence-electron chi connectivity index (χ1n) is 5.18. The van der Waals surface area contributed by atoms with E-state index in [9.17, 15) is 0 Å². The summed E-state index contributed by atoms with van der Waals surface area (Å²) in [6.45, 7) is 15.5. The van der Waals surface area contributed by atoms with Crippen molar-refractivity contribution in [2.45, 2.75) is 54.4 Å². The monoisotopic (exact) mass is 173 g/mol. The van der Waals surface area contributed by atoms with E-state index in [1.54, 1.807) is 0 Å². The zero-order valence-electron chi connectivity index (χ0n) is 9.83. The van der Waals surface area contributed by atoms with Crippen LogP contribution in [0.3, 0.4) is 0 Å². The molecule has 0 fully saturated rings. The summed E-state index contributed by atoms with van der Waals surface area (Å²) in [4.78, 5) is 0. The molecule has 0 aromatic heterocycles. The fraction of sp³-hybridized carbons (Fsp3) is 1.00. The Bertz CT molecular complexity index is 71.6. The van der Waals surface area contributed by atoms with Gasteiger partial charge in [-0.2, -0.15) is 0 Å². The second-order valence-corrected chi connectivity index (χ2v) is 4.44. The van der Waals surface area contributed by atoms with Crippen molar-refractivity contribution in [2.24, 2.45) is 5.41 Å². The summed E-state index contributed by atoms with van der Waals surface area (Å²) in [6.07, 6.45) is 2.48. The van der Waals surface area contributed by atoms with E-state index in [1.807, 2.05) is 0 Å². The molecule has 0 aromatic rings. The molecule has 0 aliphatic heterocycles. The van der Waals surface area contributed by atoms with E-state index < -0.39 is 0 Å². The van der Waals surface area contributed by atoms with Gasteiger partial charge in [-0.25, -0.2) is 0 Å². The Morgan fingerprint density at radius 3 is 1.67 bits per heavy atom. The van der Waals surface area contributed by atoms with Crippen LogP contribution in [0, 0.1) is 5.41 Å². The Balaban J connectivity index is 0. The van der Waals surface area contributed by atoms with Gasteiger partial charge in [0.05, 0.1) is 0 Å². The van der Waals surface area contributed by atoms with E-state index >= 15 is 0 Å². The number of nitrogens with one attached hydrogen (secondary N) is 1. The molecule has 0 aliphatic carbocycles. The van der Waals surface area contributed by atoms with Crippen LogP contribution >= 0.6 is 0 Å². The molecular formula is C11H27N. The molecule has 12 heavy (non-hydrogen) atoms. The van der Waals surface area contributed by atoms with Crippen LogP contribution in [0.25, 0.3) is 0 Å². The van der Waals surface area contributed by atoms with Gasteiger partial charge in [-0.15, -0.1) is 0 Å². The van der Waals surface area contributed by atoms with Crippen molar-refractivity contribution in [3.05, 3.63) is 0 Å². The zero-order chi connectivity index (χ0) is 10.0. The molecule has 0 rings (SSSR count). The highest BCUT2D eigenvalue weighted by molar-refractivity contribution is 4.63. The Hall–Kier alpha value is -0.0400. The summed E-state index contributed by atoms with van der Waals surface area (Å²) in [5.41, 5.74) is 0.440. The molecule has 0 bridgehead atoms. The first kappa shape index (κ1) is 14.5. The highest BCUT2D eigenvalue weighted by Gasteiger charge is 2.07. The van der Waals surface area contributed by atoms with Gasteiger partial charge < -0.3 is 5.32 Å². The summed E-state index contributed by atoms with van der Waals surface area (Å²) >= 11 is 0. The van der Waals surface area contributed by atoms with Gasteiger partial charge in [0.15, 0.2) is 0 Å². The second-order valence-electron chi connectivity index (χ2n) is 4.44. The molecule has 0 saturated carbocycles. The van der Waals surface area contributed by atoms with E-state index in [4.69, 9.17) is 0 Å². The Kier molecular flexibility index (Phi) is 10.9. The fourth-order valence-electron chi connectivity index (χ4n) is 0.640. The average molecular weight is 173 g/mol. The third-order valence-electron chi connectivity index (χ3n) is 1.08. The zero-order valence-corrected chi connectivity index (χ0v) is 9.83. The summed E-state index contributed by atoms with van der Waals surface area (Å²) in [5, 5.41) is 3.38. The van der Waals surface area contributed by atoms with Gasteiger partial charge in [0, 0.05) is 0 Å². The summed E-state index contributed by atoms with van der Waals surface area (Å²) < 4.78 is 0. The van der Waals surface area contributed by atoms with Gasteiger partial charge in [-0.1, -0.05) is 48.0 Å². The van der Waals surface area contributed by atoms with E-state index in [1.165, 1.54) is 12.8 Å². The van der Waals surface area contributed by atoms with Gasteiger partial charge in [0.2, 0.25) is 0 Å². The van der Waals surface area contributed by atoms with Gasteiger partial charge in [0.1, 0.15) is 0 Å². The lowest BCUT2D eigenvalue weighted by molar-refractivity contribution is 0.381. The van der Waals surface area contributed by atoms with Gasteiger partial charge in [-0.3, -0.25) is 0 Å². The van der Waals surface area contributed by atoms with E-state index in [0.717, 1.165) is 13.1 Å². The Morgan fingerprint density at radius 2 is 1.42 bits per heavy atom. The molecule has 0 spiro atoms. The molecule has 1 N–H and O–H groups in total. The largest absolute Gasteiger partial charge is 0.316 e. The molecule has 0 saturated heterocycles. The Labute approximate surface area is 78.9 Å². The molecule has 0 aliphatic rings. The van der Waals surface area contributed by atoms with E-state index in [0.29, 0.717) is 5.41 Å². The molecule has 1 nitrogen and oxygen atoms in total. The van der Waals surface area contributed by atoms with E-state index in [-0.39, 0.29) is 0 Å².